The largest absolute Gasteiger partial charge is 0.352 e. The zero-order valence-corrected chi connectivity index (χ0v) is 9.22. The van der Waals surface area contributed by atoms with Crippen LogP contribution in [0.4, 0.5) is 0 Å². The Kier molecular flexibility index (Phi) is 3.97. The van der Waals surface area contributed by atoms with Gasteiger partial charge in [-0.15, -0.1) is 0 Å². The second kappa shape index (κ2) is 5.47. The maximum absolute atomic E-state index is 11.3. The van der Waals surface area contributed by atoms with E-state index in [0.717, 1.165) is 25.6 Å². The third-order valence-electron chi connectivity index (χ3n) is 3.12. The van der Waals surface area contributed by atoms with Gasteiger partial charge >= 0.3 is 0 Å². The highest BCUT2D eigenvalue weighted by molar-refractivity contribution is 5.78. The molecule has 1 aliphatic carbocycles. The SMILES string of the molecule is O=C(CNCC1CCNCC1)NC1CC1. The Balaban J connectivity index is 1.51. The van der Waals surface area contributed by atoms with Gasteiger partial charge in [-0.3, -0.25) is 4.79 Å². The summed E-state index contributed by atoms with van der Waals surface area (Å²) in [6.07, 6.45) is 4.80. The Morgan fingerprint density at radius 1 is 1.20 bits per heavy atom. The summed E-state index contributed by atoms with van der Waals surface area (Å²) in [6, 6.07) is 0.484. The van der Waals surface area contributed by atoms with Gasteiger partial charge in [0.25, 0.3) is 0 Å². The molecule has 4 heteroatoms. The molecule has 2 aliphatic rings. The maximum Gasteiger partial charge on any atom is 0.234 e. The summed E-state index contributed by atoms with van der Waals surface area (Å²) >= 11 is 0. The van der Waals surface area contributed by atoms with Crippen molar-refractivity contribution >= 4 is 5.91 Å². The molecule has 0 radical (unpaired) electrons. The van der Waals surface area contributed by atoms with E-state index >= 15 is 0 Å². The molecule has 2 rings (SSSR count). The lowest BCUT2D eigenvalue weighted by Gasteiger charge is -2.22. The van der Waals surface area contributed by atoms with E-state index in [0.29, 0.717) is 12.6 Å². The minimum absolute atomic E-state index is 0.159. The fourth-order valence-electron chi connectivity index (χ4n) is 1.98. The van der Waals surface area contributed by atoms with Gasteiger partial charge in [0.05, 0.1) is 6.54 Å². The summed E-state index contributed by atoms with van der Waals surface area (Å²) in [5.41, 5.74) is 0. The normalized spacial score (nSPS) is 22.7. The predicted molar refractivity (Wildman–Crippen MR) is 59.6 cm³/mol. The number of carbonyl (C=O) groups is 1. The van der Waals surface area contributed by atoms with E-state index in [1.807, 2.05) is 0 Å². The van der Waals surface area contributed by atoms with Crippen molar-refractivity contribution in [3.63, 3.8) is 0 Å². The average molecular weight is 211 g/mol. The number of piperidine rings is 1. The molecule has 3 N–H and O–H groups in total. The van der Waals surface area contributed by atoms with Crippen LogP contribution in [0.15, 0.2) is 0 Å². The molecular weight excluding hydrogens is 190 g/mol. The van der Waals surface area contributed by atoms with Gasteiger partial charge < -0.3 is 16.0 Å². The average Bonchev–Trinajstić information content (AvgIpc) is 3.03. The zero-order valence-electron chi connectivity index (χ0n) is 9.22. The van der Waals surface area contributed by atoms with Crippen LogP contribution in [-0.4, -0.2) is 38.1 Å². The van der Waals surface area contributed by atoms with Crippen LogP contribution in [-0.2, 0) is 4.79 Å². The summed E-state index contributed by atoms with van der Waals surface area (Å²) in [7, 11) is 0. The lowest BCUT2D eigenvalue weighted by molar-refractivity contribution is -0.120. The molecule has 1 amide bonds. The first-order valence-electron chi connectivity index (χ1n) is 6.05. The van der Waals surface area contributed by atoms with Crippen molar-refractivity contribution in [3.05, 3.63) is 0 Å². The van der Waals surface area contributed by atoms with E-state index in [2.05, 4.69) is 16.0 Å². The van der Waals surface area contributed by atoms with Crippen LogP contribution < -0.4 is 16.0 Å². The van der Waals surface area contributed by atoms with Crippen molar-refractivity contribution in [1.29, 1.82) is 0 Å². The van der Waals surface area contributed by atoms with Crippen molar-refractivity contribution in [2.75, 3.05) is 26.2 Å². The van der Waals surface area contributed by atoms with Crippen LogP contribution in [0, 0.1) is 5.92 Å². The van der Waals surface area contributed by atoms with Crippen molar-refractivity contribution in [1.82, 2.24) is 16.0 Å². The number of hydrogen-bond donors (Lipinski definition) is 3. The molecule has 0 bridgehead atoms. The number of hydrogen-bond acceptors (Lipinski definition) is 3. The lowest BCUT2D eigenvalue weighted by Crippen LogP contribution is -2.39. The van der Waals surface area contributed by atoms with Crippen molar-refractivity contribution in [2.24, 2.45) is 5.92 Å². The standard InChI is InChI=1S/C11H21N3O/c15-11(14-10-1-2-10)8-13-7-9-3-5-12-6-4-9/h9-10,12-13H,1-8H2,(H,14,15). The molecule has 0 unspecified atom stereocenters. The van der Waals surface area contributed by atoms with Crippen molar-refractivity contribution in [2.45, 2.75) is 31.7 Å². The van der Waals surface area contributed by atoms with Crippen LogP contribution in [0.5, 0.6) is 0 Å². The van der Waals surface area contributed by atoms with Crippen LogP contribution in [0.3, 0.4) is 0 Å². The molecular formula is C11H21N3O. The quantitative estimate of drug-likeness (QED) is 0.593. The van der Waals surface area contributed by atoms with E-state index in [9.17, 15) is 4.79 Å². The zero-order chi connectivity index (χ0) is 10.5. The summed E-state index contributed by atoms with van der Waals surface area (Å²) < 4.78 is 0. The van der Waals surface area contributed by atoms with Crippen molar-refractivity contribution < 1.29 is 4.79 Å². The molecule has 0 spiro atoms. The number of amides is 1. The van der Waals surface area contributed by atoms with Crippen LogP contribution in [0.1, 0.15) is 25.7 Å². The highest BCUT2D eigenvalue weighted by Crippen LogP contribution is 2.18. The Bertz CT molecular complexity index is 210. The van der Waals surface area contributed by atoms with E-state index < -0.39 is 0 Å². The smallest absolute Gasteiger partial charge is 0.234 e. The third-order valence-corrected chi connectivity index (χ3v) is 3.12. The minimum Gasteiger partial charge on any atom is -0.352 e. The van der Waals surface area contributed by atoms with Gasteiger partial charge in [-0.25, -0.2) is 0 Å². The first-order chi connectivity index (χ1) is 7.34. The molecule has 0 aromatic heterocycles. The van der Waals surface area contributed by atoms with Gasteiger partial charge in [0.2, 0.25) is 5.91 Å². The maximum atomic E-state index is 11.3. The minimum atomic E-state index is 0.159. The first kappa shape index (κ1) is 10.9. The summed E-state index contributed by atoms with van der Waals surface area (Å²) in [5, 5.41) is 9.57. The van der Waals surface area contributed by atoms with Gasteiger partial charge in [0.1, 0.15) is 0 Å². The predicted octanol–water partition coefficient (Wildman–Crippen LogP) is -0.146. The number of carbonyl (C=O) groups excluding carboxylic acids is 1. The van der Waals surface area contributed by atoms with Crippen LogP contribution in [0.2, 0.25) is 0 Å². The molecule has 1 aliphatic heterocycles. The van der Waals surface area contributed by atoms with Crippen molar-refractivity contribution in [3.8, 4) is 0 Å². The Hall–Kier alpha value is -0.610. The fraction of sp³-hybridized carbons (Fsp3) is 0.909. The molecule has 15 heavy (non-hydrogen) atoms. The molecule has 1 heterocycles. The lowest BCUT2D eigenvalue weighted by atomic mass is 9.98. The van der Waals surface area contributed by atoms with Gasteiger partial charge in [0.15, 0.2) is 0 Å². The first-order valence-corrected chi connectivity index (χ1v) is 6.05. The Labute approximate surface area is 91.2 Å². The molecule has 86 valence electrons. The van der Waals surface area contributed by atoms with Gasteiger partial charge in [0, 0.05) is 6.04 Å². The monoisotopic (exact) mass is 211 g/mol. The molecule has 4 nitrogen and oxygen atoms in total. The molecule has 1 saturated heterocycles. The highest BCUT2D eigenvalue weighted by Gasteiger charge is 2.22. The summed E-state index contributed by atoms with van der Waals surface area (Å²) in [4.78, 5) is 11.3. The fourth-order valence-corrected chi connectivity index (χ4v) is 1.98. The second-order valence-corrected chi connectivity index (χ2v) is 4.67. The van der Waals surface area contributed by atoms with Gasteiger partial charge in [-0.05, 0) is 51.2 Å². The number of nitrogens with one attached hydrogen (secondary N) is 3. The highest BCUT2D eigenvalue weighted by atomic mass is 16.2. The van der Waals surface area contributed by atoms with Crippen LogP contribution in [0.25, 0.3) is 0 Å². The van der Waals surface area contributed by atoms with Gasteiger partial charge in [-0.2, -0.15) is 0 Å². The Morgan fingerprint density at radius 3 is 2.60 bits per heavy atom. The number of rotatable bonds is 5. The van der Waals surface area contributed by atoms with E-state index in [-0.39, 0.29) is 5.91 Å². The van der Waals surface area contributed by atoms with Crippen LogP contribution >= 0.6 is 0 Å². The molecule has 0 aromatic carbocycles. The Morgan fingerprint density at radius 2 is 1.93 bits per heavy atom. The summed E-state index contributed by atoms with van der Waals surface area (Å²) in [5.74, 6) is 0.909. The molecule has 1 saturated carbocycles. The van der Waals surface area contributed by atoms with Gasteiger partial charge in [-0.1, -0.05) is 0 Å². The third kappa shape index (κ3) is 4.18. The summed E-state index contributed by atoms with van der Waals surface area (Å²) in [6.45, 7) is 3.72. The molecule has 0 atom stereocenters. The molecule has 2 fully saturated rings. The van der Waals surface area contributed by atoms with E-state index in [1.165, 1.54) is 25.7 Å². The topological polar surface area (TPSA) is 53.2 Å². The van der Waals surface area contributed by atoms with E-state index in [4.69, 9.17) is 0 Å². The van der Waals surface area contributed by atoms with E-state index in [1.54, 1.807) is 0 Å². The molecule has 0 aromatic rings. The second-order valence-electron chi connectivity index (χ2n) is 4.67.